The lowest BCUT2D eigenvalue weighted by Crippen LogP contribution is -2.41. The molecule has 1 saturated heterocycles. The molecule has 90 valence electrons. The summed E-state index contributed by atoms with van der Waals surface area (Å²) in [6, 6.07) is 8.03. The van der Waals surface area contributed by atoms with Gasteiger partial charge in [-0.1, -0.05) is 22.0 Å². The topological polar surface area (TPSA) is 62.3 Å². The van der Waals surface area contributed by atoms with Crippen LogP contribution in [0.5, 0.6) is 0 Å². The maximum atomic E-state index is 8.83. The van der Waals surface area contributed by atoms with Gasteiger partial charge in [0.1, 0.15) is 0 Å². The summed E-state index contributed by atoms with van der Waals surface area (Å²) >= 11 is 3.39. The first-order valence-electron chi connectivity index (χ1n) is 5.46. The first-order chi connectivity index (χ1) is 8.19. The molecule has 0 radical (unpaired) electrons. The Labute approximate surface area is 109 Å². The maximum absolute atomic E-state index is 8.83. The van der Waals surface area contributed by atoms with Crippen molar-refractivity contribution in [3.63, 3.8) is 0 Å². The van der Waals surface area contributed by atoms with Gasteiger partial charge in [-0.15, -0.1) is 0 Å². The number of nitriles is 1. The van der Waals surface area contributed by atoms with Gasteiger partial charge in [0.05, 0.1) is 12.7 Å². The Bertz CT molecular complexity index is 444. The molecule has 0 spiro atoms. The van der Waals surface area contributed by atoms with Crippen molar-refractivity contribution in [2.75, 3.05) is 25.4 Å². The van der Waals surface area contributed by atoms with E-state index in [4.69, 9.17) is 15.7 Å². The zero-order valence-corrected chi connectivity index (χ0v) is 11.0. The van der Waals surface area contributed by atoms with Crippen LogP contribution in [-0.2, 0) is 11.3 Å². The van der Waals surface area contributed by atoms with Gasteiger partial charge in [0, 0.05) is 29.8 Å². The van der Waals surface area contributed by atoms with Crippen LogP contribution in [-0.4, -0.2) is 30.7 Å². The van der Waals surface area contributed by atoms with Crippen LogP contribution in [0.3, 0.4) is 0 Å². The SMILES string of the molecule is N#CC1CN(Cc2ccc(Br)cc2N)CCO1. The second-order valence-electron chi connectivity index (χ2n) is 4.07. The van der Waals surface area contributed by atoms with Crippen molar-refractivity contribution in [1.82, 2.24) is 4.90 Å². The van der Waals surface area contributed by atoms with Gasteiger partial charge in [-0.25, -0.2) is 0 Å². The fraction of sp³-hybridized carbons (Fsp3) is 0.417. The Morgan fingerprint density at radius 3 is 3.12 bits per heavy atom. The summed E-state index contributed by atoms with van der Waals surface area (Å²) in [7, 11) is 0. The Hall–Kier alpha value is -1.09. The number of morpholine rings is 1. The third-order valence-electron chi connectivity index (χ3n) is 2.80. The molecule has 1 unspecified atom stereocenters. The second-order valence-corrected chi connectivity index (χ2v) is 4.98. The number of nitrogens with zero attached hydrogens (tertiary/aromatic N) is 2. The van der Waals surface area contributed by atoms with E-state index in [1.165, 1.54) is 0 Å². The lowest BCUT2D eigenvalue weighted by Gasteiger charge is -2.29. The van der Waals surface area contributed by atoms with Crippen LogP contribution < -0.4 is 5.73 Å². The van der Waals surface area contributed by atoms with Crippen molar-refractivity contribution in [3.05, 3.63) is 28.2 Å². The highest BCUT2D eigenvalue weighted by molar-refractivity contribution is 9.10. The third-order valence-corrected chi connectivity index (χ3v) is 3.29. The molecule has 1 fully saturated rings. The number of nitrogens with two attached hydrogens (primary N) is 1. The molecular formula is C12H14BrN3O. The smallest absolute Gasteiger partial charge is 0.156 e. The van der Waals surface area contributed by atoms with Crippen LogP contribution >= 0.6 is 15.9 Å². The fourth-order valence-corrected chi connectivity index (χ4v) is 2.25. The van der Waals surface area contributed by atoms with Crippen LogP contribution in [0.15, 0.2) is 22.7 Å². The van der Waals surface area contributed by atoms with E-state index < -0.39 is 0 Å². The molecule has 1 aliphatic heterocycles. The molecule has 17 heavy (non-hydrogen) atoms. The zero-order chi connectivity index (χ0) is 12.3. The first kappa shape index (κ1) is 12.4. The minimum absolute atomic E-state index is 0.319. The van der Waals surface area contributed by atoms with Gasteiger partial charge in [0.15, 0.2) is 6.10 Å². The standard InChI is InChI=1S/C12H14BrN3O/c13-10-2-1-9(12(15)5-10)7-16-3-4-17-11(6-14)8-16/h1-2,5,11H,3-4,7-8,15H2. The summed E-state index contributed by atoms with van der Waals surface area (Å²) in [5, 5.41) is 8.83. The van der Waals surface area contributed by atoms with Gasteiger partial charge in [-0.05, 0) is 17.7 Å². The summed E-state index contributed by atoms with van der Waals surface area (Å²) in [5.41, 5.74) is 7.82. The molecule has 4 nitrogen and oxygen atoms in total. The highest BCUT2D eigenvalue weighted by atomic mass is 79.9. The number of benzene rings is 1. The third kappa shape index (κ3) is 3.19. The van der Waals surface area contributed by atoms with E-state index in [0.717, 1.165) is 28.8 Å². The summed E-state index contributed by atoms with van der Waals surface area (Å²) < 4.78 is 6.28. The lowest BCUT2D eigenvalue weighted by atomic mass is 10.1. The largest absolute Gasteiger partial charge is 0.398 e. The maximum Gasteiger partial charge on any atom is 0.156 e. The summed E-state index contributed by atoms with van der Waals surface area (Å²) in [6.07, 6.45) is -0.319. The van der Waals surface area contributed by atoms with E-state index in [2.05, 4.69) is 26.9 Å². The predicted molar refractivity (Wildman–Crippen MR) is 69.2 cm³/mol. The van der Waals surface area contributed by atoms with Crippen LogP contribution in [0.25, 0.3) is 0 Å². The normalized spacial score (nSPS) is 21.1. The molecule has 2 N–H and O–H groups in total. The molecule has 1 atom stereocenters. The number of ether oxygens (including phenoxy) is 1. The van der Waals surface area contributed by atoms with Crippen molar-refractivity contribution in [2.24, 2.45) is 0 Å². The monoisotopic (exact) mass is 295 g/mol. The number of nitrogen functional groups attached to an aromatic ring is 1. The minimum Gasteiger partial charge on any atom is -0.398 e. The first-order valence-corrected chi connectivity index (χ1v) is 6.26. The van der Waals surface area contributed by atoms with Crippen LogP contribution in [0.2, 0.25) is 0 Å². The summed E-state index contributed by atoms with van der Waals surface area (Å²) in [4.78, 5) is 2.19. The van der Waals surface area contributed by atoms with E-state index in [9.17, 15) is 0 Å². The van der Waals surface area contributed by atoms with Gasteiger partial charge in [0.2, 0.25) is 0 Å². The molecule has 1 aromatic rings. The molecule has 0 aromatic heterocycles. The molecule has 0 aliphatic carbocycles. The van der Waals surface area contributed by atoms with Crippen LogP contribution in [0, 0.1) is 11.3 Å². The van der Waals surface area contributed by atoms with E-state index in [-0.39, 0.29) is 6.10 Å². The Balaban J connectivity index is 2.03. The molecule has 1 aromatic carbocycles. The van der Waals surface area contributed by atoms with Crippen molar-refractivity contribution < 1.29 is 4.74 Å². The van der Waals surface area contributed by atoms with Crippen LogP contribution in [0.4, 0.5) is 5.69 Å². The molecule has 5 heteroatoms. The molecule has 0 amide bonds. The van der Waals surface area contributed by atoms with E-state index >= 15 is 0 Å². The van der Waals surface area contributed by atoms with Gasteiger partial charge in [-0.2, -0.15) is 5.26 Å². The number of hydrogen-bond acceptors (Lipinski definition) is 4. The van der Waals surface area contributed by atoms with Gasteiger partial charge in [-0.3, -0.25) is 4.90 Å². The van der Waals surface area contributed by atoms with Gasteiger partial charge >= 0.3 is 0 Å². The zero-order valence-electron chi connectivity index (χ0n) is 9.40. The van der Waals surface area contributed by atoms with Crippen molar-refractivity contribution in [2.45, 2.75) is 12.6 Å². The highest BCUT2D eigenvalue weighted by Crippen LogP contribution is 2.20. The van der Waals surface area contributed by atoms with Crippen molar-refractivity contribution >= 4 is 21.6 Å². The van der Waals surface area contributed by atoms with Gasteiger partial charge < -0.3 is 10.5 Å². The number of anilines is 1. The molecule has 2 rings (SSSR count). The molecule has 0 saturated carbocycles. The molecule has 1 aliphatic rings. The number of hydrogen-bond donors (Lipinski definition) is 1. The lowest BCUT2D eigenvalue weighted by molar-refractivity contribution is -0.00262. The van der Waals surface area contributed by atoms with E-state index in [1.807, 2.05) is 18.2 Å². The molecule has 1 heterocycles. The Kier molecular flexibility index (Phi) is 4.00. The average molecular weight is 296 g/mol. The quantitative estimate of drug-likeness (QED) is 0.845. The van der Waals surface area contributed by atoms with Crippen LogP contribution in [0.1, 0.15) is 5.56 Å². The molecular weight excluding hydrogens is 282 g/mol. The fourth-order valence-electron chi connectivity index (χ4n) is 1.87. The van der Waals surface area contributed by atoms with Crippen molar-refractivity contribution in [3.8, 4) is 6.07 Å². The predicted octanol–water partition coefficient (Wildman–Crippen LogP) is 1.76. The Morgan fingerprint density at radius 2 is 2.41 bits per heavy atom. The number of rotatable bonds is 2. The van der Waals surface area contributed by atoms with Crippen molar-refractivity contribution in [1.29, 1.82) is 5.26 Å². The minimum atomic E-state index is -0.319. The van der Waals surface area contributed by atoms with Gasteiger partial charge in [0.25, 0.3) is 0 Å². The highest BCUT2D eigenvalue weighted by Gasteiger charge is 2.20. The average Bonchev–Trinajstić information content (AvgIpc) is 2.33. The second kappa shape index (κ2) is 5.50. The molecule has 0 bridgehead atoms. The van der Waals surface area contributed by atoms with E-state index in [0.29, 0.717) is 13.2 Å². The Morgan fingerprint density at radius 1 is 1.59 bits per heavy atom. The number of halogens is 1. The van der Waals surface area contributed by atoms with E-state index in [1.54, 1.807) is 0 Å². The summed E-state index contributed by atoms with van der Waals surface area (Å²) in [6.45, 7) is 2.86. The summed E-state index contributed by atoms with van der Waals surface area (Å²) in [5.74, 6) is 0.